The number of pyridine rings is 1. The molecule has 0 saturated carbocycles. The van der Waals surface area contributed by atoms with Gasteiger partial charge in [-0.15, -0.1) is 0 Å². The highest BCUT2D eigenvalue weighted by Gasteiger charge is 2.02. The molecule has 16 heavy (non-hydrogen) atoms. The third kappa shape index (κ3) is 2.71. The molecule has 0 bridgehead atoms. The van der Waals surface area contributed by atoms with Gasteiger partial charge in [0, 0.05) is 41.8 Å². The summed E-state index contributed by atoms with van der Waals surface area (Å²) in [6.07, 6.45) is 7.77. The maximum atomic E-state index is 5.81. The highest BCUT2D eigenvalue weighted by Crippen LogP contribution is 2.13. The lowest BCUT2D eigenvalue weighted by Gasteiger charge is -2.04. The fourth-order valence-electron chi connectivity index (χ4n) is 1.58. The van der Waals surface area contributed by atoms with Crippen molar-refractivity contribution in [3.63, 3.8) is 0 Å². The van der Waals surface area contributed by atoms with Crippen molar-refractivity contribution in [3.05, 3.63) is 52.5 Å². The first-order valence-electron chi connectivity index (χ1n) is 5.16. The van der Waals surface area contributed by atoms with Crippen molar-refractivity contribution in [2.75, 3.05) is 0 Å². The first-order valence-corrected chi connectivity index (χ1v) is 5.95. The highest BCUT2D eigenvalue weighted by atomic mass is 79.9. The summed E-state index contributed by atoms with van der Waals surface area (Å²) >= 11 is 3.41. The Morgan fingerprint density at radius 3 is 2.94 bits per heavy atom. The van der Waals surface area contributed by atoms with Crippen molar-refractivity contribution in [2.45, 2.75) is 19.5 Å². The van der Waals surface area contributed by atoms with E-state index in [0.717, 1.165) is 16.6 Å². The fraction of sp³-hybridized carbons (Fsp3) is 0.250. The summed E-state index contributed by atoms with van der Waals surface area (Å²) in [6.45, 7) is 2.81. The van der Waals surface area contributed by atoms with Gasteiger partial charge in [-0.1, -0.05) is 0 Å². The molecule has 0 fully saturated rings. The Labute approximate surface area is 103 Å². The third-order valence-electron chi connectivity index (χ3n) is 2.43. The van der Waals surface area contributed by atoms with Crippen LogP contribution in [0.3, 0.4) is 0 Å². The number of aromatic nitrogens is 2. The maximum Gasteiger partial charge on any atom is 0.0485 e. The zero-order valence-electron chi connectivity index (χ0n) is 9.10. The van der Waals surface area contributed by atoms with E-state index >= 15 is 0 Å². The predicted molar refractivity (Wildman–Crippen MR) is 68.1 cm³/mol. The van der Waals surface area contributed by atoms with Gasteiger partial charge in [-0.2, -0.15) is 0 Å². The van der Waals surface area contributed by atoms with Gasteiger partial charge in [-0.25, -0.2) is 0 Å². The molecule has 0 saturated heterocycles. The number of nitrogens with zero attached hydrogens (tertiary/aromatic N) is 2. The van der Waals surface area contributed by atoms with Crippen LogP contribution in [0.4, 0.5) is 0 Å². The van der Waals surface area contributed by atoms with Crippen LogP contribution in [0.1, 0.15) is 24.1 Å². The Morgan fingerprint density at radius 2 is 2.31 bits per heavy atom. The van der Waals surface area contributed by atoms with Crippen molar-refractivity contribution in [1.29, 1.82) is 0 Å². The summed E-state index contributed by atoms with van der Waals surface area (Å²) in [7, 11) is 0. The van der Waals surface area contributed by atoms with Crippen LogP contribution in [0.25, 0.3) is 0 Å². The number of nitrogens with two attached hydrogens (primary N) is 1. The van der Waals surface area contributed by atoms with E-state index in [9.17, 15) is 0 Å². The maximum absolute atomic E-state index is 5.81. The second kappa shape index (κ2) is 4.80. The van der Waals surface area contributed by atoms with Crippen LogP contribution in [0.5, 0.6) is 0 Å². The normalized spacial score (nSPS) is 12.7. The fourth-order valence-corrected chi connectivity index (χ4v) is 1.99. The molecule has 0 aliphatic carbocycles. The highest BCUT2D eigenvalue weighted by molar-refractivity contribution is 9.10. The zero-order valence-corrected chi connectivity index (χ0v) is 10.7. The molecule has 0 amide bonds. The summed E-state index contributed by atoms with van der Waals surface area (Å²) in [5.41, 5.74) is 8.13. The summed E-state index contributed by atoms with van der Waals surface area (Å²) < 4.78 is 3.12. The molecule has 4 heteroatoms. The Bertz CT molecular complexity index is 477. The van der Waals surface area contributed by atoms with E-state index in [0.29, 0.717) is 0 Å². The van der Waals surface area contributed by atoms with Crippen LogP contribution in [-0.2, 0) is 6.54 Å². The summed E-state index contributed by atoms with van der Waals surface area (Å²) in [5.74, 6) is 0. The average Bonchev–Trinajstić information content (AvgIpc) is 2.66. The van der Waals surface area contributed by atoms with Crippen molar-refractivity contribution in [2.24, 2.45) is 5.73 Å². The van der Waals surface area contributed by atoms with Crippen LogP contribution in [-0.4, -0.2) is 9.55 Å². The Morgan fingerprint density at radius 1 is 1.50 bits per heavy atom. The smallest absolute Gasteiger partial charge is 0.0485 e. The molecule has 2 heterocycles. The molecule has 2 aromatic heterocycles. The quantitative estimate of drug-likeness (QED) is 0.939. The SMILES string of the molecule is CC(N)c1ccn(Cc2cncc(Br)c2)c1. The van der Waals surface area contributed by atoms with Crippen LogP contribution in [0.15, 0.2) is 41.4 Å². The van der Waals surface area contributed by atoms with Gasteiger partial charge in [0.2, 0.25) is 0 Å². The van der Waals surface area contributed by atoms with E-state index in [-0.39, 0.29) is 6.04 Å². The molecule has 2 rings (SSSR count). The van der Waals surface area contributed by atoms with Crippen molar-refractivity contribution >= 4 is 15.9 Å². The van der Waals surface area contributed by atoms with Crippen LogP contribution < -0.4 is 5.73 Å². The van der Waals surface area contributed by atoms with Crippen LogP contribution in [0.2, 0.25) is 0 Å². The molecular weight excluding hydrogens is 266 g/mol. The van der Waals surface area contributed by atoms with Gasteiger partial charge in [-0.05, 0) is 46.1 Å². The van der Waals surface area contributed by atoms with Gasteiger partial charge in [-0.3, -0.25) is 4.98 Å². The van der Waals surface area contributed by atoms with Gasteiger partial charge >= 0.3 is 0 Å². The molecule has 1 unspecified atom stereocenters. The second-order valence-electron chi connectivity index (χ2n) is 3.92. The minimum Gasteiger partial charge on any atom is -0.350 e. The Balaban J connectivity index is 2.14. The predicted octanol–water partition coefficient (Wildman–Crippen LogP) is 2.71. The van der Waals surface area contributed by atoms with E-state index < -0.39 is 0 Å². The van der Waals surface area contributed by atoms with Crippen molar-refractivity contribution in [3.8, 4) is 0 Å². The molecule has 0 aromatic carbocycles. The minimum absolute atomic E-state index is 0.0851. The van der Waals surface area contributed by atoms with Gasteiger partial charge < -0.3 is 10.3 Å². The number of hydrogen-bond donors (Lipinski definition) is 1. The molecule has 1 atom stereocenters. The summed E-state index contributed by atoms with van der Waals surface area (Å²) in [5, 5.41) is 0. The van der Waals surface area contributed by atoms with Gasteiger partial charge in [0.25, 0.3) is 0 Å². The van der Waals surface area contributed by atoms with Crippen molar-refractivity contribution < 1.29 is 0 Å². The van der Waals surface area contributed by atoms with E-state index in [2.05, 4.69) is 43.8 Å². The van der Waals surface area contributed by atoms with Gasteiger partial charge in [0.15, 0.2) is 0 Å². The van der Waals surface area contributed by atoms with Gasteiger partial charge in [0.1, 0.15) is 0 Å². The lowest BCUT2D eigenvalue weighted by Crippen LogP contribution is -2.04. The van der Waals surface area contributed by atoms with E-state index in [4.69, 9.17) is 5.73 Å². The molecule has 0 aliphatic rings. The molecule has 84 valence electrons. The monoisotopic (exact) mass is 279 g/mol. The Kier molecular flexibility index (Phi) is 3.41. The lowest BCUT2D eigenvalue weighted by atomic mass is 10.2. The minimum atomic E-state index is 0.0851. The number of halogens is 1. The topological polar surface area (TPSA) is 43.8 Å². The first-order chi connectivity index (χ1) is 7.65. The number of rotatable bonds is 3. The second-order valence-corrected chi connectivity index (χ2v) is 4.83. The third-order valence-corrected chi connectivity index (χ3v) is 2.86. The van der Waals surface area contributed by atoms with Gasteiger partial charge in [0.05, 0.1) is 0 Å². The average molecular weight is 280 g/mol. The first kappa shape index (κ1) is 11.4. The van der Waals surface area contributed by atoms with Crippen molar-refractivity contribution in [1.82, 2.24) is 9.55 Å². The van der Waals surface area contributed by atoms with E-state index in [1.54, 1.807) is 6.20 Å². The van der Waals surface area contributed by atoms with E-state index in [1.165, 1.54) is 5.56 Å². The molecule has 3 nitrogen and oxygen atoms in total. The standard InChI is InChI=1S/C12H14BrN3/c1-9(14)11-2-3-16(8-11)7-10-4-12(13)6-15-5-10/h2-6,8-9H,7,14H2,1H3. The molecule has 0 radical (unpaired) electrons. The van der Waals surface area contributed by atoms with Crippen LogP contribution >= 0.6 is 15.9 Å². The molecule has 0 aliphatic heterocycles. The molecular formula is C12H14BrN3. The lowest BCUT2D eigenvalue weighted by molar-refractivity contribution is 0.775. The molecule has 2 aromatic rings. The molecule has 2 N–H and O–H groups in total. The Hall–Kier alpha value is -1.13. The largest absolute Gasteiger partial charge is 0.350 e. The van der Waals surface area contributed by atoms with E-state index in [1.807, 2.05) is 19.3 Å². The zero-order chi connectivity index (χ0) is 11.5. The molecule has 0 spiro atoms. The summed E-state index contributed by atoms with van der Waals surface area (Å²) in [6, 6.07) is 4.20. The summed E-state index contributed by atoms with van der Waals surface area (Å²) in [4.78, 5) is 4.14. The number of hydrogen-bond acceptors (Lipinski definition) is 2. The van der Waals surface area contributed by atoms with Crippen LogP contribution in [0, 0.1) is 0 Å².